The lowest BCUT2D eigenvalue weighted by molar-refractivity contribution is 0.128. The molecule has 26 heavy (non-hydrogen) atoms. The predicted molar refractivity (Wildman–Crippen MR) is 106 cm³/mol. The van der Waals surface area contributed by atoms with Crippen molar-refractivity contribution in [2.24, 2.45) is 0 Å². The summed E-state index contributed by atoms with van der Waals surface area (Å²) in [6.07, 6.45) is 6.49. The number of carbonyl (C=O) groups is 2. The van der Waals surface area contributed by atoms with E-state index in [0.29, 0.717) is 26.2 Å². The second kappa shape index (κ2) is 8.88. The van der Waals surface area contributed by atoms with Gasteiger partial charge in [-0.05, 0) is 45.2 Å². The highest BCUT2D eigenvalue weighted by atomic mass is 127. The van der Waals surface area contributed by atoms with Crippen LogP contribution in [0.4, 0.5) is 9.59 Å². The number of hydrogen-bond acceptors (Lipinski definition) is 6. The van der Waals surface area contributed by atoms with Gasteiger partial charge in [0, 0.05) is 12.4 Å². The lowest BCUT2D eigenvalue weighted by Gasteiger charge is -2.06. The molecule has 12 heteroatoms. The SMILES string of the molecule is O=C1NCC(Cn2cc(I)cn2)O1.O=C1NCC(Cn2cc(I)cn2)O1. The van der Waals surface area contributed by atoms with Crippen LogP contribution in [0.2, 0.25) is 0 Å². The Morgan fingerprint density at radius 3 is 1.62 bits per heavy atom. The van der Waals surface area contributed by atoms with Crippen LogP contribution in [0.1, 0.15) is 0 Å². The number of hydrogen-bond donors (Lipinski definition) is 2. The summed E-state index contributed by atoms with van der Waals surface area (Å²) in [5.74, 6) is 0. The van der Waals surface area contributed by atoms with E-state index in [-0.39, 0.29) is 24.4 Å². The molecule has 0 radical (unpaired) electrons. The van der Waals surface area contributed by atoms with Gasteiger partial charge in [0.25, 0.3) is 0 Å². The van der Waals surface area contributed by atoms with Gasteiger partial charge in [-0.1, -0.05) is 0 Å². The van der Waals surface area contributed by atoms with E-state index >= 15 is 0 Å². The minimum absolute atomic E-state index is 0.0943. The molecular formula is C14H16I2N6O4. The smallest absolute Gasteiger partial charge is 0.407 e. The van der Waals surface area contributed by atoms with Crippen molar-refractivity contribution in [1.29, 1.82) is 0 Å². The summed E-state index contributed by atoms with van der Waals surface area (Å²) in [6.45, 7) is 2.36. The Kier molecular flexibility index (Phi) is 6.55. The minimum Gasteiger partial charge on any atom is -0.442 e. The largest absolute Gasteiger partial charge is 0.442 e. The third-order valence-corrected chi connectivity index (χ3v) is 4.59. The van der Waals surface area contributed by atoms with Crippen molar-refractivity contribution in [3.05, 3.63) is 31.9 Å². The van der Waals surface area contributed by atoms with Crippen LogP contribution in [0.25, 0.3) is 0 Å². The van der Waals surface area contributed by atoms with Gasteiger partial charge in [-0.2, -0.15) is 10.2 Å². The number of aromatic nitrogens is 4. The zero-order chi connectivity index (χ0) is 18.5. The molecule has 2 atom stereocenters. The molecule has 2 aliphatic heterocycles. The third kappa shape index (κ3) is 5.72. The van der Waals surface area contributed by atoms with E-state index in [0.717, 1.165) is 7.14 Å². The summed E-state index contributed by atoms with van der Waals surface area (Å²) in [7, 11) is 0. The number of carbonyl (C=O) groups excluding carboxylic acids is 2. The fourth-order valence-electron chi connectivity index (χ4n) is 2.36. The van der Waals surface area contributed by atoms with Gasteiger partial charge in [-0.3, -0.25) is 9.36 Å². The van der Waals surface area contributed by atoms with Crippen LogP contribution in [0, 0.1) is 7.14 Å². The van der Waals surface area contributed by atoms with E-state index in [4.69, 9.17) is 9.47 Å². The molecule has 0 saturated carbocycles. The molecule has 2 aromatic heterocycles. The Balaban J connectivity index is 0.000000151. The molecule has 2 N–H and O–H groups in total. The van der Waals surface area contributed by atoms with E-state index < -0.39 is 0 Å². The van der Waals surface area contributed by atoms with Gasteiger partial charge < -0.3 is 20.1 Å². The fourth-order valence-corrected chi connectivity index (χ4v) is 3.25. The van der Waals surface area contributed by atoms with Crippen molar-refractivity contribution < 1.29 is 19.1 Å². The molecule has 0 aromatic carbocycles. The number of halogens is 2. The summed E-state index contributed by atoms with van der Waals surface area (Å²) in [5.41, 5.74) is 0. The number of ether oxygens (including phenoxy) is 2. The van der Waals surface area contributed by atoms with E-state index in [2.05, 4.69) is 66.0 Å². The van der Waals surface area contributed by atoms with E-state index in [1.54, 1.807) is 21.8 Å². The molecule has 2 amide bonds. The van der Waals surface area contributed by atoms with Crippen molar-refractivity contribution in [3.63, 3.8) is 0 Å². The number of nitrogens with one attached hydrogen (secondary N) is 2. The molecule has 0 aliphatic carbocycles. The van der Waals surface area contributed by atoms with Crippen molar-refractivity contribution in [2.75, 3.05) is 13.1 Å². The Morgan fingerprint density at radius 2 is 1.35 bits per heavy atom. The van der Waals surface area contributed by atoms with Crippen molar-refractivity contribution in [2.45, 2.75) is 25.3 Å². The highest BCUT2D eigenvalue weighted by Gasteiger charge is 2.23. The molecule has 2 saturated heterocycles. The van der Waals surface area contributed by atoms with Crippen LogP contribution in [0.15, 0.2) is 24.8 Å². The molecule has 2 unspecified atom stereocenters. The van der Waals surface area contributed by atoms with Gasteiger partial charge in [0.1, 0.15) is 12.2 Å². The number of cyclic esters (lactones) is 2. The lowest BCUT2D eigenvalue weighted by Crippen LogP contribution is -2.20. The van der Waals surface area contributed by atoms with Gasteiger partial charge in [-0.15, -0.1) is 0 Å². The first-order valence-corrected chi connectivity index (χ1v) is 9.88. The molecule has 2 fully saturated rings. The second-order valence-corrected chi connectivity index (χ2v) is 8.07. The number of nitrogens with zero attached hydrogens (tertiary/aromatic N) is 4. The molecule has 140 valence electrons. The number of amides is 2. The molecule has 2 aliphatic rings. The number of rotatable bonds is 4. The highest BCUT2D eigenvalue weighted by Crippen LogP contribution is 2.07. The Hall–Kier alpha value is -1.58. The fraction of sp³-hybridized carbons (Fsp3) is 0.429. The monoisotopic (exact) mass is 586 g/mol. The minimum atomic E-state index is -0.341. The summed E-state index contributed by atoms with van der Waals surface area (Å²) in [5, 5.41) is 13.4. The summed E-state index contributed by atoms with van der Waals surface area (Å²) in [4.78, 5) is 21.4. The third-order valence-electron chi connectivity index (χ3n) is 3.48. The Labute approximate surface area is 176 Å². The Morgan fingerprint density at radius 1 is 0.923 bits per heavy atom. The van der Waals surface area contributed by atoms with Crippen molar-refractivity contribution >= 4 is 57.4 Å². The van der Waals surface area contributed by atoms with E-state index in [9.17, 15) is 9.59 Å². The van der Waals surface area contributed by atoms with Crippen LogP contribution in [-0.4, -0.2) is 57.0 Å². The topological polar surface area (TPSA) is 112 Å². The van der Waals surface area contributed by atoms with Crippen LogP contribution in [-0.2, 0) is 22.6 Å². The van der Waals surface area contributed by atoms with Crippen molar-refractivity contribution in [3.8, 4) is 0 Å². The van der Waals surface area contributed by atoms with Gasteiger partial charge in [0.15, 0.2) is 0 Å². The predicted octanol–water partition coefficient (Wildman–Crippen LogP) is 1.19. The van der Waals surface area contributed by atoms with Gasteiger partial charge >= 0.3 is 12.2 Å². The average Bonchev–Trinajstić information content (AvgIpc) is 3.35. The molecule has 10 nitrogen and oxygen atoms in total. The summed E-state index contributed by atoms with van der Waals surface area (Å²) < 4.78 is 15.6. The quantitative estimate of drug-likeness (QED) is 0.522. The molecular weight excluding hydrogens is 570 g/mol. The number of alkyl carbamates (subject to hydrolysis) is 2. The normalized spacial score (nSPS) is 21.3. The van der Waals surface area contributed by atoms with Crippen LogP contribution in [0.3, 0.4) is 0 Å². The van der Waals surface area contributed by atoms with Crippen LogP contribution < -0.4 is 10.6 Å². The van der Waals surface area contributed by atoms with E-state index in [1.807, 2.05) is 12.4 Å². The molecule has 0 bridgehead atoms. The first-order chi connectivity index (χ1) is 12.5. The zero-order valence-electron chi connectivity index (χ0n) is 13.5. The van der Waals surface area contributed by atoms with Gasteiger partial charge in [0.05, 0.1) is 45.7 Å². The molecule has 2 aromatic rings. The Bertz CT molecular complexity index is 715. The zero-order valence-corrected chi connectivity index (χ0v) is 17.8. The van der Waals surface area contributed by atoms with Crippen LogP contribution >= 0.6 is 45.2 Å². The van der Waals surface area contributed by atoms with E-state index in [1.165, 1.54) is 0 Å². The summed E-state index contributed by atoms with van der Waals surface area (Å²) in [6, 6.07) is 0. The molecule has 4 heterocycles. The van der Waals surface area contributed by atoms with Gasteiger partial charge in [-0.25, -0.2) is 9.59 Å². The first-order valence-electron chi connectivity index (χ1n) is 7.73. The lowest BCUT2D eigenvalue weighted by atomic mass is 10.4. The van der Waals surface area contributed by atoms with Crippen molar-refractivity contribution in [1.82, 2.24) is 30.2 Å². The van der Waals surface area contributed by atoms with Crippen LogP contribution in [0.5, 0.6) is 0 Å². The second-order valence-electron chi connectivity index (χ2n) is 5.58. The summed E-state index contributed by atoms with van der Waals surface area (Å²) >= 11 is 4.37. The maximum Gasteiger partial charge on any atom is 0.407 e. The maximum absolute atomic E-state index is 10.7. The maximum atomic E-state index is 10.7. The standard InChI is InChI=1S/2C7H8IN3O2/c2*8-5-1-10-11(3-5)4-6-2-9-7(12)13-6/h2*1,3,6H,2,4H2,(H,9,12). The highest BCUT2D eigenvalue weighted by molar-refractivity contribution is 14.1. The molecule has 0 spiro atoms. The average molecular weight is 586 g/mol. The molecule has 4 rings (SSSR count). The van der Waals surface area contributed by atoms with Gasteiger partial charge in [0.2, 0.25) is 0 Å². The first kappa shape index (κ1) is 19.2.